The maximum atomic E-state index is 12.4. The number of hydrogen-bond donors (Lipinski definition) is 2. The Kier molecular flexibility index (Phi) is 5.59. The molecule has 0 bridgehead atoms. The minimum absolute atomic E-state index is 0.158. The standard InChI is InChI=1S/C26H26N4O/c31-26(25-17-29-23-10-3-4-11-24(23)30-25)27-14-6-5-8-20-15-22-19(16-28-20)13-12-18-7-1-2-9-21(18)22/h1-4,7,9-13,17,20,28H,5-6,8,14-16H2,(H,27,31). The van der Waals surface area contributed by atoms with Crippen LogP contribution in [0.4, 0.5) is 0 Å². The van der Waals surface area contributed by atoms with Crippen LogP contribution in [0.15, 0.2) is 66.9 Å². The predicted octanol–water partition coefficient (Wildman–Crippen LogP) is 4.40. The Morgan fingerprint density at radius 2 is 1.84 bits per heavy atom. The van der Waals surface area contributed by atoms with Crippen molar-refractivity contribution in [3.8, 4) is 0 Å². The zero-order valence-electron chi connectivity index (χ0n) is 17.5. The quantitative estimate of drug-likeness (QED) is 0.463. The van der Waals surface area contributed by atoms with Crippen LogP contribution < -0.4 is 10.6 Å². The lowest BCUT2D eigenvalue weighted by Gasteiger charge is -2.27. The van der Waals surface area contributed by atoms with Gasteiger partial charge in [-0.15, -0.1) is 0 Å². The van der Waals surface area contributed by atoms with Crippen LogP contribution >= 0.6 is 0 Å². The van der Waals surface area contributed by atoms with Crippen molar-refractivity contribution in [2.75, 3.05) is 6.54 Å². The lowest BCUT2D eigenvalue weighted by molar-refractivity contribution is 0.0948. The highest BCUT2D eigenvalue weighted by Crippen LogP contribution is 2.27. The number of nitrogens with zero attached hydrogens (tertiary/aromatic N) is 2. The smallest absolute Gasteiger partial charge is 0.271 e. The highest BCUT2D eigenvalue weighted by molar-refractivity contribution is 5.93. The number of fused-ring (bicyclic) bond motifs is 4. The first-order chi connectivity index (χ1) is 15.3. The van der Waals surface area contributed by atoms with E-state index in [1.54, 1.807) is 6.20 Å². The molecule has 5 rings (SSSR count). The average Bonchev–Trinajstić information content (AvgIpc) is 2.83. The van der Waals surface area contributed by atoms with Crippen LogP contribution in [0.1, 0.15) is 40.9 Å². The molecule has 0 fully saturated rings. The van der Waals surface area contributed by atoms with Gasteiger partial charge in [-0.2, -0.15) is 0 Å². The van der Waals surface area contributed by atoms with Gasteiger partial charge in [0.15, 0.2) is 0 Å². The van der Waals surface area contributed by atoms with Crippen molar-refractivity contribution in [3.63, 3.8) is 0 Å². The van der Waals surface area contributed by atoms with E-state index in [-0.39, 0.29) is 5.91 Å². The van der Waals surface area contributed by atoms with E-state index in [2.05, 4.69) is 57.0 Å². The number of benzene rings is 3. The van der Waals surface area contributed by atoms with Crippen LogP contribution in [0, 0.1) is 0 Å². The van der Waals surface area contributed by atoms with E-state index < -0.39 is 0 Å². The minimum Gasteiger partial charge on any atom is -0.351 e. The average molecular weight is 411 g/mol. The number of amides is 1. The van der Waals surface area contributed by atoms with Gasteiger partial charge in [0.2, 0.25) is 0 Å². The summed E-state index contributed by atoms with van der Waals surface area (Å²) in [5.74, 6) is -0.158. The Balaban J connectivity index is 1.11. The van der Waals surface area contributed by atoms with Crippen molar-refractivity contribution >= 4 is 27.7 Å². The van der Waals surface area contributed by atoms with Gasteiger partial charge in [-0.05, 0) is 53.3 Å². The Morgan fingerprint density at radius 1 is 1.00 bits per heavy atom. The highest BCUT2D eigenvalue weighted by Gasteiger charge is 2.19. The number of unbranched alkanes of at least 4 members (excludes halogenated alkanes) is 1. The van der Waals surface area contributed by atoms with E-state index in [0.717, 1.165) is 43.3 Å². The number of rotatable bonds is 6. The number of para-hydroxylation sites is 2. The third kappa shape index (κ3) is 4.28. The molecule has 1 aliphatic heterocycles. The molecule has 2 heterocycles. The predicted molar refractivity (Wildman–Crippen MR) is 124 cm³/mol. The van der Waals surface area contributed by atoms with Crippen molar-refractivity contribution in [3.05, 3.63) is 83.7 Å². The molecule has 0 saturated carbocycles. The number of carbonyl (C=O) groups excluding carboxylic acids is 1. The second-order valence-electron chi connectivity index (χ2n) is 8.20. The Hall–Kier alpha value is -3.31. The first kappa shape index (κ1) is 19.6. The Labute approximate surface area is 181 Å². The summed E-state index contributed by atoms with van der Waals surface area (Å²) in [7, 11) is 0. The fraction of sp³-hybridized carbons (Fsp3) is 0.269. The molecule has 1 unspecified atom stereocenters. The van der Waals surface area contributed by atoms with Crippen molar-refractivity contribution in [2.45, 2.75) is 38.3 Å². The molecule has 31 heavy (non-hydrogen) atoms. The summed E-state index contributed by atoms with van der Waals surface area (Å²) in [6.45, 7) is 1.59. The molecule has 0 aliphatic carbocycles. The second kappa shape index (κ2) is 8.82. The fourth-order valence-corrected chi connectivity index (χ4v) is 4.44. The van der Waals surface area contributed by atoms with Gasteiger partial charge < -0.3 is 10.6 Å². The molecule has 0 saturated heterocycles. The van der Waals surface area contributed by atoms with E-state index in [1.807, 2.05) is 24.3 Å². The summed E-state index contributed by atoms with van der Waals surface area (Å²) in [5.41, 5.74) is 4.82. The maximum Gasteiger partial charge on any atom is 0.271 e. The van der Waals surface area contributed by atoms with E-state index >= 15 is 0 Å². The Morgan fingerprint density at radius 3 is 2.77 bits per heavy atom. The van der Waals surface area contributed by atoms with Gasteiger partial charge in [0.1, 0.15) is 5.69 Å². The first-order valence-electron chi connectivity index (χ1n) is 11.0. The van der Waals surface area contributed by atoms with Crippen molar-refractivity contribution < 1.29 is 4.79 Å². The van der Waals surface area contributed by atoms with Gasteiger partial charge in [0, 0.05) is 19.1 Å². The SMILES string of the molecule is O=C(NCCCCC1Cc2c(ccc3ccccc23)CN1)c1cnc2ccccc2n1. The Bertz CT molecular complexity index is 1240. The lowest BCUT2D eigenvalue weighted by Crippen LogP contribution is -2.35. The van der Waals surface area contributed by atoms with Crippen LogP contribution in [0.5, 0.6) is 0 Å². The molecule has 1 atom stereocenters. The van der Waals surface area contributed by atoms with Crippen molar-refractivity contribution in [1.29, 1.82) is 0 Å². The summed E-state index contributed by atoms with van der Waals surface area (Å²) in [6.07, 6.45) is 5.74. The largest absolute Gasteiger partial charge is 0.351 e. The topological polar surface area (TPSA) is 66.9 Å². The molecule has 5 nitrogen and oxygen atoms in total. The van der Waals surface area contributed by atoms with E-state index in [9.17, 15) is 4.79 Å². The third-order valence-corrected chi connectivity index (χ3v) is 6.12. The second-order valence-corrected chi connectivity index (χ2v) is 8.20. The molecule has 2 N–H and O–H groups in total. The van der Waals surface area contributed by atoms with Crippen LogP contribution in [0.2, 0.25) is 0 Å². The molecular weight excluding hydrogens is 384 g/mol. The van der Waals surface area contributed by atoms with Gasteiger partial charge in [0.05, 0.1) is 17.2 Å². The number of carbonyl (C=O) groups is 1. The third-order valence-electron chi connectivity index (χ3n) is 6.12. The summed E-state index contributed by atoms with van der Waals surface area (Å²) in [4.78, 5) is 21.1. The maximum absolute atomic E-state index is 12.4. The molecule has 4 aromatic rings. The molecule has 5 heteroatoms. The van der Waals surface area contributed by atoms with Crippen molar-refractivity contribution in [2.24, 2.45) is 0 Å². The van der Waals surface area contributed by atoms with Crippen LogP contribution in [0.25, 0.3) is 21.8 Å². The fourth-order valence-electron chi connectivity index (χ4n) is 4.44. The van der Waals surface area contributed by atoms with Crippen LogP contribution in [-0.4, -0.2) is 28.5 Å². The number of nitrogens with one attached hydrogen (secondary N) is 2. The van der Waals surface area contributed by atoms with Gasteiger partial charge in [-0.25, -0.2) is 4.98 Å². The number of hydrogen-bond acceptors (Lipinski definition) is 4. The van der Waals surface area contributed by atoms with Gasteiger partial charge >= 0.3 is 0 Å². The van der Waals surface area contributed by atoms with Crippen LogP contribution in [-0.2, 0) is 13.0 Å². The summed E-state index contributed by atoms with van der Waals surface area (Å²) in [6, 6.07) is 21.2. The molecule has 0 spiro atoms. The molecule has 156 valence electrons. The zero-order valence-corrected chi connectivity index (χ0v) is 17.5. The number of aromatic nitrogens is 2. The molecule has 0 radical (unpaired) electrons. The van der Waals surface area contributed by atoms with E-state index in [4.69, 9.17) is 0 Å². The van der Waals surface area contributed by atoms with Gasteiger partial charge in [-0.3, -0.25) is 9.78 Å². The van der Waals surface area contributed by atoms with Gasteiger partial charge in [-0.1, -0.05) is 55.0 Å². The summed E-state index contributed by atoms with van der Waals surface area (Å²) < 4.78 is 0. The molecule has 3 aromatic carbocycles. The summed E-state index contributed by atoms with van der Waals surface area (Å²) >= 11 is 0. The highest BCUT2D eigenvalue weighted by atomic mass is 16.1. The van der Waals surface area contributed by atoms with E-state index in [0.29, 0.717) is 18.3 Å². The van der Waals surface area contributed by atoms with Crippen molar-refractivity contribution in [1.82, 2.24) is 20.6 Å². The monoisotopic (exact) mass is 410 g/mol. The van der Waals surface area contributed by atoms with E-state index in [1.165, 1.54) is 21.9 Å². The molecular formula is C26H26N4O. The van der Waals surface area contributed by atoms with Crippen LogP contribution in [0.3, 0.4) is 0 Å². The lowest BCUT2D eigenvalue weighted by atomic mass is 9.89. The minimum atomic E-state index is -0.158. The first-order valence-corrected chi connectivity index (χ1v) is 11.0. The van der Waals surface area contributed by atoms with Gasteiger partial charge in [0.25, 0.3) is 5.91 Å². The molecule has 1 amide bonds. The zero-order chi connectivity index (χ0) is 21.0. The molecule has 1 aliphatic rings. The molecule has 1 aromatic heterocycles. The summed E-state index contributed by atoms with van der Waals surface area (Å²) in [5, 5.41) is 9.36. The normalized spacial score (nSPS) is 15.7.